The molecule has 15 heavy (non-hydrogen) atoms. The summed E-state index contributed by atoms with van der Waals surface area (Å²) in [5.41, 5.74) is 0.852. The molecule has 1 N–H and O–H groups in total. The molecule has 0 fully saturated rings. The summed E-state index contributed by atoms with van der Waals surface area (Å²) in [5.74, 6) is 0.919. The van der Waals surface area contributed by atoms with Gasteiger partial charge in [-0.1, -0.05) is 18.2 Å². The van der Waals surface area contributed by atoms with Crippen LogP contribution in [0.5, 0.6) is 0 Å². The Morgan fingerprint density at radius 2 is 2.07 bits per heavy atom. The highest BCUT2D eigenvalue weighted by Gasteiger charge is 2.36. The van der Waals surface area contributed by atoms with Crippen LogP contribution in [0.1, 0.15) is 5.56 Å². The van der Waals surface area contributed by atoms with Crippen molar-refractivity contribution in [3.63, 3.8) is 0 Å². The zero-order chi connectivity index (χ0) is 10.5. The first-order valence-electron chi connectivity index (χ1n) is 4.67. The van der Waals surface area contributed by atoms with E-state index >= 15 is 0 Å². The molecule has 78 valence electrons. The number of hydrogen-bond donors (Lipinski definition) is 1. The molecule has 0 aliphatic carbocycles. The van der Waals surface area contributed by atoms with Gasteiger partial charge in [0.1, 0.15) is 5.03 Å². The standard InChI is InChI=1S/C10H9NO2S2/c12-15(13)8-4-2-1-3-7(8)9-10(15)11-5-6-14-9/h1-4,11H,5-6H2. The molecular weight excluding hydrogens is 230 g/mol. The van der Waals surface area contributed by atoms with E-state index in [1.54, 1.807) is 23.9 Å². The average molecular weight is 239 g/mol. The monoisotopic (exact) mass is 239 g/mol. The summed E-state index contributed by atoms with van der Waals surface area (Å²) in [6, 6.07) is 7.18. The first kappa shape index (κ1) is 9.30. The molecule has 1 aromatic carbocycles. The van der Waals surface area contributed by atoms with Crippen LogP contribution in [0, 0.1) is 0 Å². The number of hydrogen-bond acceptors (Lipinski definition) is 4. The molecule has 0 unspecified atom stereocenters. The van der Waals surface area contributed by atoms with Crippen LogP contribution >= 0.6 is 11.8 Å². The highest BCUT2D eigenvalue weighted by molar-refractivity contribution is 8.10. The lowest BCUT2D eigenvalue weighted by Crippen LogP contribution is -2.24. The Morgan fingerprint density at radius 3 is 2.93 bits per heavy atom. The highest BCUT2D eigenvalue weighted by Crippen LogP contribution is 2.44. The summed E-state index contributed by atoms with van der Waals surface area (Å²) in [5, 5.41) is 3.39. The van der Waals surface area contributed by atoms with Gasteiger partial charge in [0, 0.05) is 17.9 Å². The topological polar surface area (TPSA) is 46.2 Å². The Bertz CT molecular complexity index is 561. The van der Waals surface area contributed by atoms with Crippen molar-refractivity contribution in [2.24, 2.45) is 0 Å². The molecule has 0 saturated carbocycles. The summed E-state index contributed by atoms with van der Waals surface area (Å²) in [7, 11) is -3.26. The summed E-state index contributed by atoms with van der Waals surface area (Å²) in [6.45, 7) is 0.719. The number of benzene rings is 1. The van der Waals surface area contributed by atoms with Gasteiger partial charge in [-0.3, -0.25) is 0 Å². The van der Waals surface area contributed by atoms with Crippen LogP contribution in [-0.2, 0) is 9.84 Å². The molecule has 2 aliphatic rings. The maximum Gasteiger partial charge on any atom is 0.223 e. The summed E-state index contributed by atoms with van der Waals surface area (Å²) in [4.78, 5) is 1.33. The maximum atomic E-state index is 12.1. The van der Waals surface area contributed by atoms with E-state index in [1.165, 1.54) is 0 Å². The molecule has 2 aliphatic heterocycles. The average Bonchev–Trinajstić information content (AvgIpc) is 2.51. The lowest BCUT2D eigenvalue weighted by atomic mass is 10.2. The van der Waals surface area contributed by atoms with Crippen molar-refractivity contribution in [2.45, 2.75) is 4.90 Å². The van der Waals surface area contributed by atoms with Gasteiger partial charge in [0.05, 0.1) is 9.80 Å². The van der Waals surface area contributed by atoms with E-state index in [0.717, 1.165) is 22.8 Å². The summed E-state index contributed by atoms with van der Waals surface area (Å²) >= 11 is 1.62. The second-order valence-electron chi connectivity index (χ2n) is 3.43. The van der Waals surface area contributed by atoms with Crippen LogP contribution in [0.15, 0.2) is 34.2 Å². The number of sulfone groups is 1. The third-order valence-electron chi connectivity index (χ3n) is 2.53. The van der Waals surface area contributed by atoms with E-state index in [9.17, 15) is 8.42 Å². The molecule has 0 amide bonds. The number of fused-ring (bicyclic) bond motifs is 2. The number of nitrogens with one attached hydrogen (secondary N) is 1. The van der Waals surface area contributed by atoms with E-state index in [1.807, 2.05) is 12.1 Å². The van der Waals surface area contributed by atoms with Gasteiger partial charge in [-0.2, -0.15) is 0 Å². The van der Waals surface area contributed by atoms with Crippen molar-refractivity contribution in [1.29, 1.82) is 0 Å². The van der Waals surface area contributed by atoms with E-state index in [4.69, 9.17) is 0 Å². The van der Waals surface area contributed by atoms with E-state index < -0.39 is 9.84 Å². The first-order valence-corrected chi connectivity index (χ1v) is 7.13. The van der Waals surface area contributed by atoms with Crippen molar-refractivity contribution >= 4 is 26.5 Å². The second-order valence-corrected chi connectivity index (χ2v) is 6.39. The molecular formula is C10H9NO2S2. The van der Waals surface area contributed by atoms with Crippen LogP contribution < -0.4 is 5.32 Å². The third kappa shape index (κ3) is 1.16. The normalized spacial score (nSPS) is 21.9. The Labute approximate surface area is 92.5 Å². The van der Waals surface area contributed by atoms with Gasteiger partial charge in [0.2, 0.25) is 9.84 Å². The van der Waals surface area contributed by atoms with E-state index in [0.29, 0.717) is 9.92 Å². The Kier molecular flexibility index (Phi) is 1.87. The van der Waals surface area contributed by atoms with E-state index in [2.05, 4.69) is 5.32 Å². The number of rotatable bonds is 0. The second kappa shape index (κ2) is 3.02. The predicted molar refractivity (Wildman–Crippen MR) is 61.0 cm³/mol. The molecule has 1 aromatic rings. The minimum absolute atomic E-state index is 0.403. The molecule has 0 radical (unpaired) electrons. The lowest BCUT2D eigenvalue weighted by Gasteiger charge is -2.14. The fourth-order valence-electron chi connectivity index (χ4n) is 1.88. The van der Waals surface area contributed by atoms with Gasteiger partial charge < -0.3 is 5.32 Å². The van der Waals surface area contributed by atoms with Crippen LogP contribution in [0.25, 0.3) is 4.91 Å². The molecule has 0 aromatic heterocycles. The van der Waals surface area contributed by atoms with Crippen molar-refractivity contribution in [1.82, 2.24) is 5.32 Å². The SMILES string of the molecule is O=S1(=O)C2=C(SCCN2)c2ccccc21. The zero-order valence-corrected chi connectivity index (χ0v) is 9.49. The predicted octanol–water partition coefficient (Wildman–Crippen LogP) is 1.44. The molecule has 0 atom stereocenters. The molecule has 5 heteroatoms. The van der Waals surface area contributed by atoms with Crippen LogP contribution in [0.3, 0.4) is 0 Å². The van der Waals surface area contributed by atoms with Crippen LogP contribution in [0.2, 0.25) is 0 Å². The smallest absolute Gasteiger partial charge is 0.223 e. The van der Waals surface area contributed by atoms with Gasteiger partial charge in [-0.15, -0.1) is 11.8 Å². The van der Waals surface area contributed by atoms with Gasteiger partial charge in [-0.05, 0) is 6.07 Å². The maximum absolute atomic E-state index is 12.1. The zero-order valence-electron chi connectivity index (χ0n) is 7.86. The summed E-state index contributed by atoms with van der Waals surface area (Å²) < 4.78 is 24.2. The largest absolute Gasteiger partial charge is 0.374 e. The van der Waals surface area contributed by atoms with Gasteiger partial charge in [0.25, 0.3) is 0 Å². The van der Waals surface area contributed by atoms with Gasteiger partial charge >= 0.3 is 0 Å². The summed E-state index contributed by atoms with van der Waals surface area (Å²) in [6.07, 6.45) is 0. The third-order valence-corrected chi connectivity index (χ3v) is 5.60. The molecule has 3 rings (SSSR count). The fraction of sp³-hybridized carbons (Fsp3) is 0.200. The van der Waals surface area contributed by atoms with Gasteiger partial charge in [-0.25, -0.2) is 8.42 Å². The quantitative estimate of drug-likeness (QED) is 0.744. The fourth-order valence-corrected chi connectivity index (χ4v) is 4.98. The molecule has 0 spiro atoms. The Hall–Kier alpha value is -0.940. The Morgan fingerprint density at radius 1 is 1.27 bits per heavy atom. The highest BCUT2D eigenvalue weighted by atomic mass is 32.2. The number of thioether (sulfide) groups is 1. The van der Waals surface area contributed by atoms with Crippen molar-refractivity contribution < 1.29 is 8.42 Å². The Balaban J connectivity index is 2.35. The minimum Gasteiger partial charge on any atom is -0.374 e. The molecule has 0 saturated heterocycles. The van der Waals surface area contributed by atoms with Gasteiger partial charge in [0.15, 0.2) is 0 Å². The molecule has 3 nitrogen and oxygen atoms in total. The van der Waals surface area contributed by atoms with E-state index in [-0.39, 0.29) is 0 Å². The molecule has 2 heterocycles. The lowest BCUT2D eigenvalue weighted by molar-refractivity contribution is 0.599. The van der Waals surface area contributed by atoms with Crippen LogP contribution in [0.4, 0.5) is 0 Å². The van der Waals surface area contributed by atoms with Crippen LogP contribution in [-0.4, -0.2) is 20.7 Å². The van der Waals surface area contributed by atoms with Crippen molar-refractivity contribution in [3.8, 4) is 0 Å². The van der Waals surface area contributed by atoms with Crippen molar-refractivity contribution in [3.05, 3.63) is 34.9 Å². The molecule has 0 bridgehead atoms. The first-order chi connectivity index (χ1) is 7.21. The van der Waals surface area contributed by atoms with Crippen molar-refractivity contribution in [2.75, 3.05) is 12.3 Å². The minimum atomic E-state index is -3.26.